The molecule has 65 heavy (non-hydrogen) atoms. The number of esters is 1. The second kappa shape index (κ2) is 22.6. The number of pyridine rings is 1. The van der Waals surface area contributed by atoms with Crippen molar-refractivity contribution in [1.82, 2.24) is 55.5 Å². The molecule has 3 aromatic rings. The summed E-state index contributed by atoms with van der Waals surface area (Å²) in [5.74, 6) is -7.27. The molecule has 3 atom stereocenters. The van der Waals surface area contributed by atoms with Crippen molar-refractivity contribution in [2.24, 2.45) is 0 Å². The van der Waals surface area contributed by atoms with Crippen LogP contribution in [0.5, 0.6) is 0 Å². The number of nitriles is 1. The van der Waals surface area contributed by atoms with E-state index >= 15 is 0 Å². The van der Waals surface area contributed by atoms with Crippen LogP contribution in [0.4, 0.5) is 18.0 Å². The maximum Gasteiger partial charge on any atom is 0.851 e. The van der Waals surface area contributed by atoms with E-state index in [0.29, 0.717) is 50.3 Å². The van der Waals surface area contributed by atoms with Gasteiger partial charge in [-0.05, 0) is 12.1 Å². The van der Waals surface area contributed by atoms with E-state index in [9.17, 15) is 51.1 Å². The van der Waals surface area contributed by atoms with Crippen LogP contribution < -0.4 is 21.3 Å². The Bertz CT molecular complexity index is 2300. The number of amides is 5. The summed E-state index contributed by atoms with van der Waals surface area (Å²) < 4.78 is 53.0. The molecule has 3 aliphatic heterocycles. The molecule has 0 radical (unpaired) electrons. The van der Waals surface area contributed by atoms with Crippen LogP contribution in [0.3, 0.4) is 0 Å². The van der Waals surface area contributed by atoms with Crippen LogP contribution in [0.2, 0.25) is 0 Å². The quantitative estimate of drug-likeness (QED) is 0.106. The number of rotatable bonds is 14. The predicted octanol–water partition coefficient (Wildman–Crippen LogP) is -1.52. The maximum absolute atomic E-state index is 14.1. The SMILES string of the molecule is N#C[C@@H]1CC(F)(F)CN1C(=O)CNC(=O)c1ccnc2c(NC(=O)CCC(=O)NCCn3cc(CNC(=O)CN4CCN5CCN(CC4)CC(=O)[O][Al]([F])[CH2]OC(=O)C5)nn3)cccc12. The second-order valence-corrected chi connectivity index (χ2v) is 16.9. The van der Waals surface area contributed by atoms with E-state index < -0.39 is 87.5 Å². The minimum Gasteiger partial charge on any atom is -0.590 e. The molecule has 3 fully saturated rings. The van der Waals surface area contributed by atoms with Gasteiger partial charge in [0, 0.05) is 76.7 Å². The summed E-state index contributed by atoms with van der Waals surface area (Å²) in [6.07, 6.45) is 1.83. The number of hydrogen-bond acceptors (Lipinski definition) is 16. The zero-order valence-electron chi connectivity index (χ0n) is 35.2. The van der Waals surface area contributed by atoms with Gasteiger partial charge in [-0.1, -0.05) is 17.3 Å². The van der Waals surface area contributed by atoms with Crippen molar-refractivity contribution in [3.8, 4) is 6.07 Å². The molecule has 22 nitrogen and oxygen atoms in total. The number of hydrogen-bond donors (Lipinski definition) is 4. The number of nitrogens with one attached hydrogen (secondary N) is 4. The Morgan fingerprint density at radius 1 is 0.923 bits per heavy atom. The number of para-hydroxylation sites is 1. The van der Waals surface area contributed by atoms with Crippen LogP contribution in [0.1, 0.15) is 35.3 Å². The standard InChI is InChI=1S/C39H48F2N13O9.Al.FH/c1-63-36(61)24-52-15-12-50(11-13-51(14-16-52)23-35(59)60)22-33(57)45-19-26-21-53(49-48-26)10-9-43-31(55)5-6-32(56)47-30-4-2-3-28-29(7-8-44-37(28)30)38(62)46-20-34(58)54-25-39(40,41)17-27(54)18-42;;/h2-4,7-8,21,27H,1,5-6,9-17,19-20,22-25H2,(H,43,55)(H,45,57)(H,46,62)(H,47,56)(H,59,60);;1H/q;+2;/p-2/t27-;;/m0../s1. The Hall–Kier alpha value is -6.25. The highest BCUT2D eigenvalue weighted by Crippen LogP contribution is 2.31. The van der Waals surface area contributed by atoms with Crippen molar-refractivity contribution < 1.29 is 54.4 Å². The topological polar surface area (TPSA) is 266 Å². The van der Waals surface area contributed by atoms with Crippen LogP contribution in [-0.4, -0.2) is 192 Å². The summed E-state index contributed by atoms with van der Waals surface area (Å²) in [5.41, 5.74) is 0.538. The molecule has 5 heterocycles. The average Bonchev–Trinajstić information content (AvgIpc) is 3.88. The van der Waals surface area contributed by atoms with E-state index in [2.05, 4.69) is 36.6 Å². The van der Waals surface area contributed by atoms with Gasteiger partial charge in [-0.2, -0.15) is 5.26 Å². The number of anilines is 1. The van der Waals surface area contributed by atoms with E-state index in [-0.39, 0.29) is 74.8 Å². The third-order valence-electron chi connectivity index (χ3n) is 10.6. The van der Waals surface area contributed by atoms with Gasteiger partial charge in [0.25, 0.3) is 17.8 Å². The molecule has 2 bridgehead atoms. The smallest absolute Gasteiger partial charge is 0.590 e. The Kier molecular flexibility index (Phi) is 16.8. The largest absolute Gasteiger partial charge is 0.851 e. The summed E-state index contributed by atoms with van der Waals surface area (Å²) in [4.78, 5) is 99.1. The van der Waals surface area contributed by atoms with E-state index in [1.165, 1.54) is 16.9 Å². The molecule has 2 unspecified atom stereocenters. The number of halogens is 3. The average molecular weight is 926 g/mol. The minimum absolute atomic E-state index is 0.0266. The number of fused-ring (bicyclic) bond motifs is 4. The summed E-state index contributed by atoms with van der Waals surface area (Å²) in [7, 11) is 0. The normalized spacial score (nSPS) is 20.4. The van der Waals surface area contributed by atoms with Crippen LogP contribution in [0, 0.1) is 11.3 Å². The van der Waals surface area contributed by atoms with Gasteiger partial charge in [0.05, 0.1) is 74.8 Å². The fraction of sp³-hybridized carbons (Fsp3) is 0.513. The monoisotopic (exact) mass is 925 g/mol. The maximum atomic E-state index is 14.1. The molecule has 3 saturated heterocycles. The summed E-state index contributed by atoms with van der Waals surface area (Å²) in [6.45, 7) is 1.46. The fourth-order valence-electron chi connectivity index (χ4n) is 7.28. The number of cyclic esters (lactones) is 1. The molecule has 5 amide bonds. The van der Waals surface area contributed by atoms with Crippen molar-refractivity contribution in [2.45, 2.75) is 44.3 Å². The molecular weight excluding hydrogens is 878 g/mol. The number of carbonyl (C=O) groups is 7. The highest BCUT2D eigenvalue weighted by molar-refractivity contribution is 6.46. The third-order valence-corrected chi connectivity index (χ3v) is 11.6. The zero-order chi connectivity index (χ0) is 46.5. The molecule has 0 aliphatic carbocycles. The highest BCUT2D eigenvalue weighted by atomic mass is 27.3. The van der Waals surface area contributed by atoms with Crippen molar-refractivity contribution in [1.29, 1.82) is 5.26 Å². The third kappa shape index (κ3) is 14.4. The summed E-state index contributed by atoms with van der Waals surface area (Å²) >= 11 is -3.49. The van der Waals surface area contributed by atoms with Gasteiger partial charge < -0.3 is 38.2 Å². The summed E-state index contributed by atoms with van der Waals surface area (Å²) in [6, 6.07) is 6.48. The predicted molar refractivity (Wildman–Crippen MR) is 221 cm³/mol. The van der Waals surface area contributed by atoms with Gasteiger partial charge in [0.2, 0.25) is 23.6 Å². The first kappa shape index (κ1) is 48.2. The lowest BCUT2D eigenvalue weighted by molar-refractivity contribution is -0.145. The Morgan fingerprint density at radius 3 is 2.40 bits per heavy atom. The molecule has 2 aromatic heterocycles. The molecule has 3 aliphatic rings. The Labute approximate surface area is 374 Å². The van der Waals surface area contributed by atoms with Crippen LogP contribution >= 0.6 is 0 Å². The first-order valence-electron chi connectivity index (χ1n) is 20.8. The van der Waals surface area contributed by atoms with E-state index in [1.807, 2.05) is 14.7 Å². The number of ether oxygens (including phenoxy) is 1. The van der Waals surface area contributed by atoms with Gasteiger partial charge >= 0.3 is 20.9 Å². The van der Waals surface area contributed by atoms with Crippen LogP contribution in [0.15, 0.2) is 36.7 Å². The van der Waals surface area contributed by atoms with Gasteiger partial charge in [-0.3, -0.25) is 57.9 Å². The lowest BCUT2D eigenvalue weighted by Gasteiger charge is -2.25. The Morgan fingerprint density at radius 2 is 1.65 bits per heavy atom. The first-order valence-corrected chi connectivity index (χ1v) is 22.5. The Balaban J connectivity index is 0.900. The number of carbonyl (C=O) groups excluding carboxylic acids is 7. The lowest BCUT2D eigenvalue weighted by Crippen LogP contribution is -2.43. The van der Waals surface area contributed by atoms with Gasteiger partial charge in [0.1, 0.15) is 17.2 Å². The van der Waals surface area contributed by atoms with Crippen molar-refractivity contribution in [3.63, 3.8) is 0 Å². The molecule has 4 N–H and O–H groups in total. The molecular formula is C39H47AlF3N13O9. The molecule has 0 saturated carbocycles. The van der Waals surface area contributed by atoms with E-state index in [1.54, 1.807) is 30.5 Å². The van der Waals surface area contributed by atoms with Gasteiger partial charge in [-0.25, -0.2) is 8.78 Å². The number of aromatic nitrogens is 4. The molecule has 346 valence electrons. The van der Waals surface area contributed by atoms with Gasteiger partial charge in [-0.15, -0.1) is 5.10 Å². The van der Waals surface area contributed by atoms with Crippen LogP contribution in [0.25, 0.3) is 10.9 Å². The van der Waals surface area contributed by atoms with Crippen LogP contribution in [-0.2, 0) is 50.4 Å². The van der Waals surface area contributed by atoms with Crippen molar-refractivity contribution in [3.05, 3.63) is 47.9 Å². The van der Waals surface area contributed by atoms with Crippen molar-refractivity contribution >= 4 is 73.0 Å². The molecule has 0 spiro atoms. The minimum atomic E-state index is -3.49. The number of likely N-dealkylation sites (tertiary alicyclic amines) is 1. The second-order valence-electron chi connectivity index (χ2n) is 15.5. The molecule has 6 rings (SSSR count). The number of benzene rings is 1. The molecule has 1 aromatic carbocycles. The van der Waals surface area contributed by atoms with E-state index in [0.717, 1.165) is 4.90 Å². The lowest BCUT2D eigenvalue weighted by atomic mass is 10.1. The summed E-state index contributed by atoms with van der Waals surface area (Å²) in [5, 5.41) is 28.2. The number of alkyl halides is 2. The highest BCUT2D eigenvalue weighted by Gasteiger charge is 2.47. The zero-order valence-corrected chi connectivity index (χ0v) is 36.3. The van der Waals surface area contributed by atoms with Gasteiger partial charge in [0.15, 0.2) is 0 Å². The van der Waals surface area contributed by atoms with E-state index in [4.69, 9.17) is 8.53 Å². The van der Waals surface area contributed by atoms with Crippen molar-refractivity contribution in [2.75, 3.05) is 89.3 Å². The first-order chi connectivity index (χ1) is 31.1. The number of nitrogens with zero attached hydrogens (tertiary/aromatic N) is 9. The fourth-order valence-corrected chi connectivity index (χ4v) is 8.02. The molecule has 26 heteroatoms.